The van der Waals surface area contributed by atoms with Gasteiger partial charge < -0.3 is 24.5 Å². The van der Waals surface area contributed by atoms with Crippen molar-refractivity contribution in [2.75, 3.05) is 0 Å². The molecular formula is H7O10P3Sr. The second-order valence-corrected chi connectivity index (χ2v) is 5.82. The normalized spacial score (nSPS) is 13.5. The fraction of sp³-hybridized carbons (Fsp3) is 0. The topological polar surface area (TPSA) is 171 Å². The molecule has 14 heavy (non-hydrogen) atoms. The van der Waals surface area contributed by atoms with Crippen LogP contribution < -0.4 is 0 Å². The predicted octanol–water partition coefficient (Wildman–Crippen LogP) is -1.61. The van der Waals surface area contributed by atoms with Crippen LogP contribution in [0, 0.1) is 0 Å². The SMILES string of the molecule is O=P(O)(O)OP(=O)(O)OP(=O)(O)O.[SrH2]. The third-order valence-electron chi connectivity index (χ3n) is 0.419. The van der Waals surface area contributed by atoms with Crippen LogP contribution in [0.2, 0.25) is 0 Å². The number of phosphoric acid groups is 3. The van der Waals surface area contributed by atoms with E-state index in [9.17, 15) is 13.7 Å². The fourth-order valence-corrected chi connectivity index (χ4v) is 2.82. The van der Waals surface area contributed by atoms with Gasteiger partial charge in [-0.05, 0) is 0 Å². The zero-order valence-corrected chi connectivity index (χ0v) is 8.30. The molecule has 0 aliphatic rings. The molecule has 0 radical (unpaired) electrons. The second-order valence-electron chi connectivity index (χ2n) is 1.61. The van der Waals surface area contributed by atoms with Gasteiger partial charge in [0.25, 0.3) is 0 Å². The Kier molecular flexibility index (Phi) is 7.82. The van der Waals surface area contributed by atoms with E-state index < -0.39 is 23.5 Å². The van der Waals surface area contributed by atoms with E-state index in [1.807, 2.05) is 0 Å². The summed E-state index contributed by atoms with van der Waals surface area (Å²) in [6.07, 6.45) is 0. The van der Waals surface area contributed by atoms with E-state index in [4.69, 9.17) is 24.5 Å². The molecule has 0 unspecified atom stereocenters. The summed E-state index contributed by atoms with van der Waals surface area (Å²) in [4.78, 5) is 40.2. The summed E-state index contributed by atoms with van der Waals surface area (Å²) in [5, 5.41) is 0. The number of hydrogen-bond acceptors (Lipinski definition) is 5. The molecule has 0 aromatic carbocycles. The van der Waals surface area contributed by atoms with Crippen molar-refractivity contribution < 1.29 is 46.8 Å². The summed E-state index contributed by atoms with van der Waals surface area (Å²) < 4.78 is 36.4. The van der Waals surface area contributed by atoms with Gasteiger partial charge in [-0.3, -0.25) is 0 Å². The van der Waals surface area contributed by atoms with Gasteiger partial charge in [-0.15, -0.1) is 0 Å². The molecule has 10 nitrogen and oxygen atoms in total. The van der Waals surface area contributed by atoms with Gasteiger partial charge in [-0.1, -0.05) is 0 Å². The summed E-state index contributed by atoms with van der Waals surface area (Å²) in [7, 11) is -16.2. The maximum atomic E-state index is 10.4. The monoisotopic (exact) mass is 348 g/mol. The molecule has 0 atom stereocenters. The molecular weight excluding hydrogens is 341 g/mol. The quantitative estimate of drug-likeness (QED) is 0.294. The summed E-state index contributed by atoms with van der Waals surface area (Å²) in [6.45, 7) is 0. The van der Waals surface area contributed by atoms with E-state index in [0.29, 0.717) is 0 Å². The van der Waals surface area contributed by atoms with Gasteiger partial charge in [-0.2, -0.15) is 8.62 Å². The molecule has 0 heterocycles. The number of rotatable bonds is 4. The fourth-order valence-electron chi connectivity index (χ4n) is 0.284. The third-order valence-corrected chi connectivity index (χ3v) is 3.77. The molecule has 14 heteroatoms. The van der Waals surface area contributed by atoms with Crippen LogP contribution in [0.3, 0.4) is 0 Å². The molecule has 0 aromatic heterocycles. The Hall–Kier alpha value is 1.89. The van der Waals surface area contributed by atoms with Crippen LogP contribution in [0.4, 0.5) is 0 Å². The molecule has 0 saturated carbocycles. The van der Waals surface area contributed by atoms with Crippen molar-refractivity contribution in [3.05, 3.63) is 0 Å². The zero-order chi connectivity index (χ0) is 10.9. The molecule has 0 aliphatic heterocycles. The van der Waals surface area contributed by atoms with Gasteiger partial charge in [0.2, 0.25) is 0 Å². The van der Waals surface area contributed by atoms with Crippen molar-refractivity contribution >= 4 is 68.9 Å². The van der Waals surface area contributed by atoms with Gasteiger partial charge in [0, 0.05) is 0 Å². The first-order chi connectivity index (χ1) is 5.41. The van der Waals surface area contributed by atoms with E-state index in [-0.39, 0.29) is 45.5 Å². The Morgan fingerprint density at radius 2 is 0.929 bits per heavy atom. The van der Waals surface area contributed by atoms with Crippen LogP contribution in [-0.4, -0.2) is 69.9 Å². The molecule has 0 fully saturated rings. The molecule has 0 aliphatic carbocycles. The molecule has 0 aromatic rings. The Morgan fingerprint density at radius 1 is 0.714 bits per heavy atom. The second kappa shape index (κ2) is 6.00. The molecule has 0 saturated heterocycles. The van der Waals surface area contributed by atoms with E-state index >= 15 is 0 Å². The van der Waals surface area contributed by atoms with E-state index in [0.717, 1.165) is 0 Å². The Bertz CT molecular complexity index is 277. The average molecular weight is 348 g/mol. The molecule has 0 spiro atoms. The van der Waals surface area contributed by atoms with Crippen LogP contribution in [-0.2, 0) is 22.3 Å². The van der Waals surface area contributed by atoms with Crippen molar-refractivity contribution in [1.82, 2.24) is 0 Å². The molecule has 0 bridgehead atoms. The van der Waals surface area contributed by atoms with Gasteiger partial charge in [0.15, 0.2) is 0 Å². The van der Waals surface area contributed by atoms with Crippen molar-refractivity contribution in [2.24, 2.45) is 0 Å². The summed E-state index contributed by atoms with van der Waals surface area (Å²) in [5.74, 6) is 0. The van der Waals surface area contributed by atoms with Crippen molar-refractivity contribution in [2.45, 2.75) is 0 Å². The van der Waals surface area contributed by atoms with Crippen LogP contribution in [0.1, 0.15) is 0 Å². The zero-order valence-electron chi connectivity index (χ0n) is 5.62. The molecule has 0 rings (SSSR count). The predicted molar refractivity (Wildman–Crippen MR) is 44.6 cm³/mol. The molecule has 0 amide bonds. The van der Waals surface area contributed by atoms with Crippen molar-refractivity contribution in [3.8, 4) is 0 Å². The minimum absolute atomic E-state index is 0. The summed E-state index contributed by atoms with van der Waals surface area (Å²) in [6, 6.07) is 0. The van der Waals surface area contributed by atoms with Gasteiger partial charge in [0.1, 0.15) is 0 Å². The van der Waals surface area contributed by atoms with E-state index in [2.05, 4.69) is 8.62 Å². The van der Waals surface area contributed by atoms with Crippen molar-refractivity contribution in [1.29, 1.82) is 0 Å². The van der Waals surface area contributed by atoms with E-state index in [1.165, 1.54) is 0 Å². The van der Waals surface area contributed by atoms with Crippen molar-refractivity contribution in [3.63, 3.8) is 0 Å². The van der Waals surface area contributed by atoms with Gasteiger partial charge in [0.05, 0.1) is 0 Å². The minimum atomic E-state index is -5.46. The first-order valence-corrected chi connectivity index (χ1v) is 6.83. The third kappa shape index (κ3) is 12.0. The summed E-state index contributed by atoms with van der Waals surface area (Å²) >= 11 is 0. The standard InChI is InChI=1S/H5O10P3.Sr.2H/c1-11(2,3)9-13(7,8)10-12(4,5)6;;;/h(H,7,8)(H2,1,2,3)(H2,4,5,6);;;. The first kappa shape index (κ1) is 18.3. The molecule has 5 N–H and O–H groups in total. The van der Waals surface area contributed by atoms with Crippen LogP contribution in [0.15, 0.2) is 0 Å². The van der Waals surface area contributed by atoms with Crippen LogP contribution in [0.25, 0.3) is 0 Å². The van der Waals surface area contributed by atoms with Gasteiger partial charge in [-0.25, -0.2) is 13.7 Å². The summed E-state index contributed by atoms with van der Waals surface area (Å²) in [5.41, 5.74) is 0. The van der Waals surface area contributed by atoms with Crippen LogP contribution in [0.5, 0.6) is 0 Å². The van der Waals surface area contributed by atoms with Gasteiger partial charge >= 0.3 is 68.9 Å². The average Bonchev–Trinajstić information content (AvgIpc) is 1.43. The maximum absolute atomic E-state index is 10.4. The Labute approximate surface area is 115 Å². The van der Waals surface area contributed by atoms with E-state index in [1.54, 1.807) is 0 Å². The van der Waals surface area contributed by atoms with Crippen LogP contribution >= 0.6 is 23.5 Å². The first-order valence-electron chi connectivity index (χ1n) is 2.28. The number of hydrogen-bond donors (Lipinski definition) is 5. The molecule has 84 valence electrons. The Morgan fingerprint density at radius 3 is 1.07 bits per heavy atom. The Balaban J connectivity index is 0.